The Morgan fingerprint density at radius 1 is 1.25 bits per heavy atom. The van der Waals surface area contributed by atoms with Crippen molar-refractivity contribution >= 4 is 28.9 Å². The number of hydrazone groups is 1. The van der Waals surface area contributed by atoms with Crippen LogP contribution in [0.25, 0.3) is 0 Å². The van der Waals surface area contributed by atoms with Crippen LogP contribution in [0.5, 0.6) is 0 Å². The Labute approximate surface area is 169 Å². The Bertz CT molecular complexity index is 904. The van der Waals surface area contributed by atoms with Crippen molar-refractivity contribution in [2.45, 2.75) is 39.0 Å². The van der Waals surface area contributed by atoms with Crippen molar-refractivity contribution in [3.05, 3.63) is 57.3 Å². The first-order chi connectivity index (χ1) is 13.6. The second-order valence-corrected chi connectivity index (χ2v) is 8.47. The number of carbonyl (C=O) groups excluding carboxylic acids is 2. The highest BCUT2D eigenvalue weighted by atomic mass is 32.1. The van der Waals surface area contributed by atoms with E-state index in [-0.39, 0.29) is 12.5 Å². The number of ether oxygens (including phenoxy) is 1. The number of hydrogen-bond acceptors (Lipinski definition) is 5. The van der Waals surface area contributed by atoms with Crippen LogP contribution in [-0.4, -0.2) is 35.7 Å². The van der Waals surface area contributed by atoms with E-state index >= 15 is 0 Å². The molecule has 0 fully saturated rings. The summed E-state index contributed by atoms with van der Waals surface area (Å²) in [4.78, 5) is 26.7. The standard InChI is InChI=1S/C22H24N2O3S/c1-2-15-8-9-19-17(12-15)13-20(28-19)22(26)27-14-21(25)24-11-10-18(23-24)16-6-4-3-5-7-16/h3-7,13,15H,2,8-12,14H2,1H3/t15-/m0/s1. The van der Waals surface area contributed by atoms with Gasteiger partial charge in [0.05, 0.1) is 12.3 Å². The SMILES string of the molecule is CC[C@H]1CCc2sc(C(=O)OCC(=O)N3CCC(c4ccccc4)=N3)cc2C1. The molecule has 0 saturated heterocycles. The molecule has 1 aliphatic heterocycles. The zero-order chi connectivity index (χ0) is 19.5. The molecule has 5 nitrogen and oxygen atoms in total. The average molecular weight is 397 g/mol. The molecule has 1 aromatic heterocycles. The number of thiophene rings is 1. The molecular formula is C22H24N2O3S. The number of esters is 1. The van der Waals surface area contributed by atoms with Crippen LogP contribution in [-0.2, 0) is 22.4 Å². The fourth-order valence-corrected chi connectivity index (χ4v) is 4.89. The summed E-state index contributed by atoms with van der Waals surface area (Å²) < 4.78 is 5.29. The van der Waals surface area contributed by atoms with Gasteiger partial charge in [0.1, 0.15) is 4.88 Å². The molecule has 0 bridgehead atoms. The molecule has 2 heterocycles. The van der Waals surface area contributed by atoms with Crippen molar-refractivity contribution in [2.24, 2.45) is 11.0 Å². The summed E-state index contributed by atoms with van der Waals surface area (Å²) in [5.74, 6) is 0.0123. The third kappa shape index (κ3) is 4.02. The number of hydrogen-bond donors (Lipinski definition) is 0. The van der Waals surface area contributed by atoms with Crippen molar-refractivity contribution in [3.63, 3.8) is 0 Å². The molecule has 0 radical (unpaired) electrons. The van der Waals surface area contributed by atoms with Gasteiger partial charge in [0.25, 0.3) is 5.91 Å². The second-order valence-electron chi connectivity index (χ2n) is 7.33. The summed E-state index contributed by atoms with van der Waals surface area (Å²) in [7, 11) is 0. The molecule has 0 saturated carbocycles. The van der Waals surface area contributed by atoms with Gasteiger partial charge < -0.3 is 4.74 Å². The molecule has 4 rings (SSSR count). The van der Waals surface area contributed by atoms with E-state index in [0.717, 1.165) is 24.1 Å². The molecule has 0 unspecified atom stereocenters. The minimum atomic E-state index is -0.410. The van der Waals surface area contributed by atoms with Crippen LogP contribution in [0.15, 0.2) is 41.5 Å². The Morgan fingerprint density at radius 3 is 2.86 bits per heavy atom. The zero-order valence-electron chi connectivity index (χ0n) is 16.0. The van der Waals surface area contributed by atoms with Gasteiger partial charge in [0.15, 0.2) is 6.61 Å². The van der Waals surface area contributed by atoms with E-state index in [1.165, 1.54) is 39.6 Å². The Kier molecular flexibility index (Phi) is 5.57. The molecule has 1 atom stereocenters. The lowest BCUT2D eigenvalue weighted by Gasteiger charge is -2.19. The summed E-state index contributed by atoms with van der Waals surface area (Å²) in [6.45, 7) is 2.46. The van der Waals surface area contributed by atoms with Gasteiger partial charge in [-0.2, -0.15) is 5.10 Å². The molecule has 6 heteroatoms. The topological polar surface area (TPSA) is 59.0 Å². The van der Waals surface area contributed by atoms with Gasteiger partial charge in [0, 0.05) is 11.3 Å². The van der Waals surface area contributed by atoms with Crippen LogP contribution < -0.4 is 0 Å². The van der Waals surface area contributed by atoms with E-state index in [2.05, 4.69) is 12.0 Å². The number of benzene rings is 1. The maximum Gasteiger partial charge on any atom is 0.348 e. The molecule has 1 aliphatic carbocycles. The smallest absolute Gasteiger partial charge is 0.348 e. The van der Waals surface area contributed by atoms with E-state index in [1.54, 1.807) is 0 Å². The van der Waals surface area contributed by atoms with Crippen LogP contribution in [0.4, 0.5) is 0 Å². The highest BCUT2D eigenvalue weighted by Gasteiger charge is 2.25. The van der Waals surface area contributed by atoms with Crippen LogP contribution in [0.2, 0.25) is 0 Å². The van der Waals surface area contributed by atoms with E-state index in [9.17, 15) is 9.59 Å². The highest BCUT2D eigenvalue weighted by molar-refractivity contribution is 7.14. The largest absolute Gasteiger partial charge is 0.451 e. The molecule has 2 aliphatic rings. The van der Waals surface area contributed by atoms with Gasteiger partial charge in [-0.15, -0.1) is 11.3 Å². The number of carbonyl (C=O) groups is 2. The predicted molar refractivity (Wildman–Crippen MR) is 110 cm³/mol. The molecule has 2 aromatic rings. The lowest BCUT2D eigenvalue weighted by molar-refractivity contribution is -0.134. The number of fused-ring (bicyclic) bond motifs is 1. The number of rotatable bonds is 5. The first kappa shape index (κ1) is 18.9. The first-order valence-electron chi connectivity index (χ1n) is 9.86. The second kappa shape index (κ2) is 8.27. The van der Waals surface area contributed by atoms with Gasteiger partial charge in [0.2, 0.25) is 0 Å². The van der Waals surface area contributed by atoms with Crippen molar-refractivity contribution < 1.29 is 14.3 Å². The number of aryl methyl sites for hydroxylation is 1. The van der Waals surface area contributed by atoms with Crippen LogP contribution in [0.3, 0.4) is 0 Å². The van der Waals surface area contributed by atoms with Crippen molar-refractivity contribution in [2.75, 3.05) is 13.2 Å². The van der Waals surface area contributed by atoms with Gasteiger partial charge >= 0.3 is 5.97 Å². The van der Waals surface area contributed by atoms with Gasteiger partial charge in [-0.25, -0.2) is 9.80 Å². The van der Waals surface area contributed by atoms with Crippen molar-refractivity contribution in [1.29, 1.82) is 0 Å². The normalized spacial score (nSPS) is 18.5. The van der Waals surface area contributed by atoms with Crippen LogP contribution >= 0.6 is 11.3 Å². The quantitative estimate of drug-likeness (QED) is 0.716. The maximum absolute atomic E-state index is 12.4. The maximum atomic E-state index is 12.4. The summed E-state index contributed by atoms with van der Waals surface area (Å²) in [6, 6.07) is 11.8. The lowest BCUT2D eigenvalue weighted by Crippen LogP contribution is -2.28. The molecular weight excluding hydrogens is 372 g/mol. The molecule has 0 N–H and O–H groups in total. The fraction of sp³-hybridized carbons (Fsp3) is 0.409. The van der Waals surface area contributed by atoms with Crippen molar-refractivity contribution in [3.8, 4) is 0 Å². The third-order valence-corrected chi connectivity index (χ3v) is 6.70. The van der Waals surface area contributed by atoms with E-state index in [1.807, 2.05) is 36.4 Å². The van der Waals surface area contributed by atoms with Gasteiger partial charge in [-0.05, 0) is 42.4 Å². The van der Waals surface area contributed by atoms with Crippen LogP contribution in [0, 0.1) is 5.92 Å². The highest BCUT2D eigenvalue weighted by Crippen LogP contribution is 2.33. The lowest BCUT2D eigenvalue weighted by atomic mass is 9.87. The molecule has 28 heavy (non-hydrogen) atoms. The fourth-order valence-electron chi connectivity index (χ4n) is 3.79. The molecule has 0 spiro atoms. The summed E-state index contributed by atoms with van der Waals surface area (Å²) in [6.07, 6.45) is 5.15. The van der Waals surface area contributed by atoms with Gasteiger partial charge in [-0.1, -0.05) is 43.7 Å². The molecule has 146 valence electrons. The first-order valence-corrected chi connectivity index (χ1v) is 10.7. The van der Waals surface area contributed by atoms with E-state index in [4.69, 9.17) is 4.74 Å². The molecule has 1 amide bonds. The van der Waals surface area contributed by atoms with E-state index < -0.39 is 5.97 Å². The zero-order valence-corrected chi connectivity index (χ0v) is 16.8. The predicted octanol–water partition coefficient (Wildman–Crippen LogP) is 4.06. The van der Waals surface area contributed by atoms with Crippen molar-refractivity contribution in [1.82, 2.24) is 5.01 Å². The Morgan fingerprint density at radius 2 is 2.07 bits per heavy atom. The third-order valence-electron chi connectivity index (χ3n) is 5.49. The van der Waals surface area contributed by atoms with Crippen LogP contribution in [0.1, 0.15) is 51.9 Å². The monoisotopic (exact) mass is 396 g/mol. The summed E-state index contributed by atoms with van der Waals surface area (Å²) >= 11 is 1.51. The minimum absolute atomic E-state index is 0.273. The minimum Gasteiger partial charge on any atom is -0.451 e. The number of nitrogens with zero attached hydrogens (tertiary/aromatic N) is 2. The Balaban J connectivity index is 1.34. The van der Waals surface area contributed by atoms with Gasteiger partial charge in [-0.3, -0.25) is 4.79 Å². The molecule has 1 aromatic carbocycles. The van der Waals surface area contributed by atoms with E-state index in [0.29, 0.717) is 23.8 Å². The summed E-state index contributed by atoms with van der Waals surface area (Å²) in [5, 5.41) is 5.80. The Hall–Kier alpha value is -2.47. The summed E-state index contributed by atoms with van der Waals surface area (Å²) in [5.41, 5.74) is 3.18. The number of amides is 1. The average Bonchev–Trinajstić information content (AvgIpc) is 3.39.